The highest BCUT2D eigenvalue weighted by atomic mass is 79.9. The Balaban J connectivity index is 2.76. The second-order valence-electron chi connectivity index (χ2n) is 3.46. The van der Waals surface area contributed by atoms with Crippen LogP contribution in [0.5, 0.6) is 0 Å². The highest BCUT2D eigenvalue weighted by Crippen LogP contribution is 2.19. The van der Waals surface area contributed by atoms with Crippen LogP contribution in [0.3, 0.4) is 0 Å². The quantitative estimate of drug-likeness (QED) is 0.834. The van der Waals surface area contributed by atoms with Gasteiger partial charge in [-0.05, 0) is 30.5 Å². The molecule has 1 atom stereocenters. The standard InChI is InChI=1S/C11H10BrNO2/c1-6(14)9-4-7-2-3-8(12)5-10(7)13-11(9)15/h2-6,14H,1H3,(H,13,15). The number of aliphatic hydroxyl groups is 1. The topological polar surface area (TPSA) is 53.1 Å². The van der Waals surface area contributed by atoms with Gasteiger partial charge in [0, 0.05) is 15.6 Å². The lowest BCUT2D eigenvalue weighted by Gasteiger charge is -2.05. The molecule has 2 rings (SSSR count). The SMILES string of the molecule is CC(O)c1cc2ccc(Br)cc2[nH]c1=O. The van der Waals surface area contributed by atoms with E-state index in [0.717, 1.165) is 15.4 Å². The summed E-state index contributed by atoms with van der Waals surface area (Å²) in [6.07, 6.45) is -0.748. The van der Waals surface area contributed by atoms with Crippen LogP contribution < -0.4 is 5.56 Å². The molecule has 0 bridgehead atoms. The third-order valence-corrected chi connectivity index (χ3v) is 2.78. The van der Waals surface area contributed by atoms with Crippen molar-refractivity contribution in [1.82, 2.24) is 4.98 Å². The minimum absolute atomic E-state index is 0.240. The summed E-state index contributed by atoms with van der Waals surface area (Å²) in [6, 6.07) is 7.33. The molecule has 1 unspecified atom stereocenters. The highest BCUT2D eigenvalue weighted by molar-refractivity contribution is 9.10. The maximum absolute atomic E-state index is 11.6. The monoisotopic (exact) mass is 267 g/mol. The van der Waals surface area contributed by atoms with Crippen molar-refractivity contribution in [3.8, 4) is 0 Å². The molecule has 78 valence electrons. The molecule has 0 radical (unpaired) electrons. The van der Waals surface area contributed by atoms with Crippen LogP contribution in [0.25, 0.3) is 10.9 Å². The summed E-state index contributed by atoms with van der Waals surface area (Å²) in [6.45, 7) is 1.58. The molecule has 0 saturated carbocycles. The first-order valence-electron chi connectivity index (χ1n) is 4.58. The van der Waals surface area contributed by atoms with E-state index in [4.69, 9.17) is 0 Å². The number of aromatic nitrogens is 1. The Morgan fingerprint density at radius 3 is 2.80 bits per heavy atom. The van der Waals surface area contributed by atoms with E-state index >= 15 is 0 Å². The molecule has 0 amide bonds. The van der Waals surface area contributed by atoms with Gasteiger partial charge in [0.25, 0.3) is 5.56 Å². The first-order valence-corrected chi connectivity index (χ1v) is 5.38. The molecular weight excluding hydrogens is 258 g/mol. The predicted molar refractivity (Wildman–Crippen MR) is 62.9 cm³/mol. The van der Waals surface area contributed by atoms with Crippen molar-refractivity contribution in [3.63, 3.8) is 0 Å². The zero-order valence-corrected chi connectivity index (χ0v) is 9.71. The van der Waals surface area contributed by atoms with E-state index in [1.165, 1.54) is 0 Å². The van der Waals surface area contributed by atoms with Crippen LogP contribution in [0.15, 0.2) is 33.5 Å². The molecule has 4 heteroatoms. The van der Waals surface area contributed by atoms with Gasteiger partial charge in [-0.1, -0.05) is 22.0 Å². The normalized spacial score (nSPS) is 13.0. The van der Waals surface area contributed by atoms with Crippen molar-refractivity contribution in [2.75, 3.05) is 0 Å². The van der Waals surface area contributed by atoms with Crippen molar-refractivity contribution in [1.29, 1.82) is 0 Å². The lowest BCUT2D eigenvalue weighted by Crippen LogP contribution is -2.14. The Morgan fingerprint density at radius 2 is 2.13 bits per heavy atom. The lowest BCUT2D eigenvalue weighted by atomic mass is 10.1. The van der Waals surface area contributed by atoms with Gasteiger partial charge in [-0.15, -0.1) is 0 Å². The minimum Gasteiger partial charge on any atom is -0.388 e. The molecule has 0 spiro atoms. The predicted octanol–water partition coefficient (Wildman–Crippen LogP) is 2.34. The summed E-state index contributed by atoms with van der Waals surface area (Å²) in [5.74, 6) is 0. The van der Waals surface area contributed by atoms with Gasteiger partial charge in [0.1, 0.15) is 0 Å². The fourth-order valence-electron chi connectivity index (χ4n) is 1.50. The van der Waals surface area contributed by atoms with Crippen molar-refractivity contribution in [3.05, 3.63) is 44.7 Å². The smallest absolute Gasteiger partial charge is 0.254 e. The second kappa shape index (κ2) is 3.79. The zero-order chi connectivity index (χ0) is 11.0. The van der Waals surface area contributed by atoms with Crippen LogP contribution in [-0.2, 0) is 0 Å². The van der Waals surface area contributed by atoms with E-state index in [-0.39, 0.29) is 5.56 Å². The number of aliphatic hydroxyl groups excluding tert-OH is 1. The van der Waals surface area contributed by atoms with Gasteiger partial charge < -0.3 is 10.1 Å². The Bertz CT molecular complexity index is 560. The van der Waals surface area contributed by atoms with Crippen LogP contribution in [-0.4, -0.2) is 10.1 Å². The molecule has 0 aliphatic heterocycles. The van der Waals surface area contributed by atoms with Crippen LogP contribution in [0.4, 0.5) is 0 Å². The number of H-pyrrole nitrogens is 1. The molecule has 15 heavy (non-hydrogen) atoms. The van der Waals surface area contributed by atoms with E-state index in [9.17, 15) is 9.90 Å². The number of hydrogen-bond acceptors (Lipinski definition) is 2. The number of benzene rings is 1. The van der Waals surface area contributed by atoms with Gasteiger partial charge >= 0.3 is 0 Å². The van der Waals surface area contributed by atoms with Crippen molar-refractivity contribution < 1.29 is 5.11 Å². The van der Waals surface area contributed by atoms with Gasteiger partial charge in [-0.3, -0.25) is 4.79 Å². The van der Waals surface area contributed by atoms with Crippen LogP contribution in [0.2, 0.25) is 0 Å². The van der Waals surface area contributed by atoms with Gasteiger partial charge in [0.2, 0.25) is 0 Å². The van der Waals surface area contributed by atoms with E-state index in [2.05, 4.69) is 20.9 Å². The molecule has 2 aromatic rings. The molecule has 2 N–H and O–H groups in total. The van der Waals surface area contributed by atoms with Gasteiger partial charge in [0.15, 0.2) is 0 Å². The maximum atomic E-state index is 11.6. The molecule has 3 nitrogen and oxygen atoms in total. The molecule has 1 heterocycles. The number of rotatable bonds is 1. The van der Waals surface area contributed by atoms with Crippen molar-refractivity contribution in [2.45, 2.75) is 13.0 Å². The fourth-order valence-corrected chi connectivity index (χ4v) is 1.86. The van der Waals surface area contributed by atoms with E-state index < -0.39 is 6.10 Å². The first kappa shape index (κ1) is 10.4. The summed E-state index contributed by atoms with van der Waals surface area (Å²) in [5, 5.41) is 10.3. The van der Waals surface area contributed by atoms with Gasteiger partial charge in [0.05, 0.1) is 6.10 Å². The Morgan fingerprint density at radius 1 is 1.40 bits per heavy atom. The lowest BCUT2D eigenvalue weighted by molar-refractivity contribution is 0.198. The molecule has 1 aromatic heterocycles. The molecular formula is C11H10BrNO2. The Labute approximate surface area is 94.9 Å². The minimum atomic E-state index is -0.748. The fraction of sp³-hybridized carbons (Fsp3) is 0.182. The molecule has 0 aliphatic rings. The molecule has 1 aromatic carbocycles. The number of fused-ring (bicyclic) bond motifs is 1. The largest absolute Gasteiger partial charge is 0.388 e. The van der Waals surface area contributed by atoms with Crippen LogP contribution in [0.1, 0.15) is 18.6 Å². The van der Waals surface area contributed by atoms with Crippen molar-refractivity contribution in [2.24, 2.45) is 0 Å². The van der Waals surface area contributed by atoms with Crippen LogP contribution >= 0.6 is 15.9 Å². The highest BCUT2D eigenvalue weighted by Gasteiger charge is 2.07. The number of halogens is 1. The average molecular weight is 268 g/mol. The summed E-state index contributed by atoms with van der Waals surface area (Å²) in [5.41, 5.74) is 0.916. The number of hydrogen-bond donors (Lipinski definition) is 2. The number of nitrogens with one attached hydrogen (secondary N) is 1. The summed E-state index contributed by atoms with van der Waals surface area (Å²) >= 11 is 3.33. The van der Waals surface area contributed by atoms with Gasteiger partial charge in [-0.25, -0.2) is 0 Å². The molecule has 0 fully saturated rings. The van der Waals surface area contributed by atoms with Crippen LogP contribution in [0, 0.1) is 0 Å². The third kappa shape index (κ3) is 1.96. The molecule has 0 saturated heterocycles. The average Bonchev–Trinajstić information content (AvgIpc) is 2.15. The number of pyridine rings is 1. The van der Waals surface area contributed by atoms with E-state index in [1.807, 2.05) is 18.2 Å². The Hall–Kier alpha value is -1.13. The molecule has 0 aliphatic carbocycles. The Kier molecular flexibility index (Phi) is 2.63. The third-order valence-electron chi connectivity index (χ3n) is 2.29. The summed E-state index contributed by atoms with van der Waals surface area (Å²) < 4.78 is 0.912. The number of aromatic amines is 1. The van der Waals surface area contributed by atoms with Crippen molar-refractivity contribution >= 4 is 26.8 Å². The summed E-state index contributed by atoms with van der Waals surface area (Å²) in [4.78, 5) is 14.3. The van der Waals surface area contributed by atoms with E-state index in [1.54, 1.807) is 13.0 Å². The van der Waals surface area contributed by atoms with Gasteiger partial charge in [-0.2, -0.15) is 0 Å². The first-order chi connectivity index (χ1) is 7.08. The van der Waals surface area contributed by atoms with E-state index in [0.29, 0.717) is 5.56 Å². The maximum Gasteiger partial charge on any atom is 0.254 e. The second-order valence-corrected chi connectivity index (χ2v) is 4.38. The zero-order valence-electron chi connectivity index (χ0n) is 8.12. The summed E-state index contributed by atoms with van der Waals surface area (Å²) in [7, 11) is 0.